The van der Waals surface area contributed by atoms with Gasteiger partial charge in [0.15, 0.2) is 0 Å². The number of ether oxygens (including phenoxy) is 1. The molecular weight excluding hydrogens is 450 g/mol. The number of nitrogens with one attached hydrogen (secondary N) is 4. The van der Waals surface area contributed by atoms with E-state index in [0.29, 0.717) is 11.6 Å². The molecule has 2 atom stereocenters. The summed E-state index contributed by atoms with van der Waals surface area (Å²) in [6.07, 6.45) is 2.43. The van der Waals surface area contributed by atoms with Gasteiger partial charge in [-0.2, -0.15) is 0 Å². The number of carbonyl (C=O) groups is 3. The van der Waals surface area contributed by atoms with Crippen LogP contribution in [-0.2, 0) is 11.3 Å². The maximum absolute atomic E-state index is 12.9. The minimum atomic E-state index is -1.11. The largest absolute Gasteiger partial charge is 0.493 e. The van der Waals surface area contributed by atoms with E-state index >= 15 is 0 Å². The second kappa shape index (κ2) is 12.1. The van der Waals surface area contributed by atoms with Crippen molar-refractivity contribution < 1.29 is 24.2 Å². The number of benzene rings is 2. The van der Waals surface area contributed by atoms with Gasteiger partial charge < -0.3 is 20.6 Å². The standard InChI is InChI=1S/C25H33N5O5/c1-16-4-6-19(7-5-16)14-26-24(33)30(18(3)17(2)23(31)32)25(34)28-29-27-21-10-12-22(13-11-21)35-15-20-8-9-20/h4-7,10-13,17-18,20,27,29H,8-9,14-15H2,1-3H3,(H,26,33)(H,28,34)(H,31,32)/t17-,18+/m0/s1. The van der Waals surface area contributed by atoms with Crippen LogP contribution in [0.1, 0.15) is 37.8 Å². The number of hydrogen-bond acceptors (Lipinski definition) is 6. The quantitative estimate of drug-likeness (QED) is 0.308. The Morgan fingerprint density at radius 1 is 1.03 bits per heavy atom. The van der Waals surface area contributed by atoms with Crippen molar-refractivity contribution >= 4 is 23.7 Å². The Hall–Kier alpha value is -3.79. The molecule has 35 heavy (non-hydrogen) atoms. The fourth-order valence-corrected chi connectivity index (χ4v) is 3.21. The van der Waals surface area contributed by atoms with Gasteiger partial charge in [0.1, 0.15) is 5.75 Å². The molecule has 1 saturated carbocycles. The summed E-state index contributed by atoms with van der Waals surface area (Å²) in [6.45, 7) is 5.83. The summed E-state index contributed by atoms with van der Waals surface area (Å²) < 4.78 is 5.70. The van der Waals surface area contributed by atoms with Gasteiger partial charge in [-0.25, -0.2) is 14.5 Å². The molecule has 0 bridgehead atoms. The van der Waals surface area contributed by atoms with Crippen molar-refractivity contribution in [3.05, 3.63) is 59.7 Å². The number of carboxylic acids is 1. The van der Waals surface area contributed by atoms with E-state index in [1.54, 1.807) is 12.1 Å². The van der Waals surface area contributed by atoms with Gasteiger partial charge >= 0.3 is 18.0 Å². The molecule has 0 heterocycles. The van der Waals surface area contributed by atoms with Crippen molar-refractivity contribution in [2.75, 3.05) is 12.0 Å². The summed E-state index contributed by atoms with van der Waals surface area (Å²) in [4.78, 5) is 38.1. The molecule has 10 heteroatoms. The van der Waals surface area contributed by atoms with Crippen LogP contribution in [0.2, 0.25) is 0 Å². The molecule has 4 amide bonds. The Bertz CT molecular complexity index is 1010. The summed E-state index contributed by atoms with van der Waals surface area (Å²) >= 11 is 0. The first-order valence-corrected chi connectivity index (χ1v) is 11.6. The van der Waals surface area contributed by atoms with Crippen molar-refractivity contribution in [3.63, 3.8) is 0 Å². The van der Waals surface area contributed by atoms with Crippen LogP contribution >= 0.6 is 0 Å². The summed E-state index contributed by atoms with van der Waals surface area (Å²) in [5.41, 5.74) is 10.4. The normalized spacial score (nSPS) is 14.4. The summed E-state index contributed by atoms with van der Waals surface area (Å²) in [5.74, 6) is -0.661. The predicted molar refractivity (Wildman–Crippen MR) is 131 cm³/mol. The van der Waals surface area contributed by atoms with Gasteiger partial charge in [0.05, 0.1) is 24.3 Å². The lowest BCUT2D eigenvalue weighted by Gasteiger charge is -2.30. The third-order valence-corrected chi connectivity index (χ3v) is 5.94. The molecule has 1 fully saturated rings. The third-order valence-electron chi connectivity index (χ3n) is 5.94. The first-order chi connectivity index (χ1) is 16.7. The van der Waals surface area contributed by atoms with Crippen LogP contribution in [-0.4, -0.2) is 40.7 Å². The van der Waals surface area contributed by atoms with Crippen LogP contribution in [0, 0.1) is 18.8 Å². The minimum absolute atomic E-state index is 0.192. The number of nitrogens with zero attached hydrogens (tertiary/aromatic N) is 1. The lowest BCUT2D eigenvalue weighted by Crippen LogP contribution is -2.58. The average Bonchev–Trinajstić information content (AvgIpc) is 3.67. The Morgan fingerprint density at radius 3 is 2.29 bits per heavy atom. The van der Waals surface area contributed by atoms with E-state index in [2.05, 4.69) is 21.7 Å². The number of hydrogen-bond donors (Lipinski definition) is 5. The predicted octanol–water partition coefficient (Wildman–Crippen LogP) is 3.65. The highest BCUT2D eigenvalue weighted by Crippen LogP contribution is 2.29. The molecule has 1 aliphatic rings. The molecule has 2 aromatic rings. The van der Waals surface area contributed by atoms with Crippen molar-refractivity contribution in [1.29, 1.82) is 0 Å². The van der Waals surface area contributed by atoms with Crippen LogP contribution < -0.4 is 26.4 Å². The van der Waals surface area contributed by atoms with Crippen molar-refractivity contribution in [2.45, 2.75) is 46.2 Å². The lowest BCUT2D eigenvalue weighted by atomic mass is 10.0. The Kier molecular flexibility index (Phi) is 8.91. The number of imide groups is 1. The van der Waals surface area contributed by atoms with Crippen molar-refractivity contribution in [2.24, 2.45) is 11.8 Å². The number of rotatable bonds is 11. The van der Waals surface area contributed by atoms with Gasteiger partial charge in [0.25, 0.3) is 0 Å². The molecule has 2 aromatic carbocycles. The molecule has 1 aliphatic carbocycles. The van der Waals surface area contributed by atoms with Crippen LogP contribution in [0.25, 0.3) is 0 Å². The zero-order valence-electron chi connectivity index (χ0n) is 20.2. The van der Waals surface area contributed by atoms with Crippen molar-refractivity contribution in [1.82, 2.24) is 21.2 Å². The smallest absolute Gasteiger partial charge is 0.341 e. The Balaban J connectivity index is 1.55. The van der Waals surface area contributed by atoms with Gasteiger partial charge in [-0.05, 0) is 69.4 Å². The van der Waals surface area contributed by atoms with E-state index in [9.17, 15) is 19.5 Å². The van der Waals surface area contributed by atoms with E-state index in [1.165, 1.54) is 26.7 Å². The van der Waals surface area contributed by atoms with E-state index < -0.39 is 30.0 Å². The lowest BCUT2D eigenvalue weighted by molar-refractivity contribution is -0.142. The molecule has 0 aliphatic heterocycles. The molecule has 0 aromatic heterocycles. The molecule has 0 saturated heterocycles. The molecule has 10 nitrogen and oxygen atoms in total. The number of aryl methyl sites for hydroxylation is 1. The van der Waals surface area contributed by atoms with Gasteiger partial charge in [-0.15, -0.1) is 5.53 Å². The molecule has 188 valence electrons. The molecule has 0 unspecified atom stereocenters. The van der Waals surface area contributed by atoms with Gasteiger partial charge in [0, 0.05) is 6.54 Å². The van der Waals surface area contributed by atoms with E-state index in [-0.39, 0.29) is 6.54 Å². The number of carbonyl (C=O) groups excluding carboxylic acids is 2. The third kappa shape index (κ3) is 7.89. The second-order valence-electron chi connectivity index (χ2n) is 8.84. The highest BCUT2D eigenvalue weighted by atomic mass is 16.5. The van der Waals surface area contributed by atoms with Crippen molar-refractivity contribution in [3.8, 4) is 5.75 Å². The van der Waals surface area contributed by atoms with E-state index in [1.807, 2.05) is 43.3 Å². The van der Waals surface area contributed by atoms with E-state index in [0.717, 1.165) is 28.4 Å². The summed E-state index contributed by atoms with van der Waals surface area (Å²) in [7, 11) is 0. The van der Waals surface area contributed by atoms with Crippen LogP contribution in [0.4, 0.5) is 15.3 Å². The highest BCUT2D eigenvalue weighted by Gasteiger charge is 2.33. The monoisotopic (exact) mass is 483 g/mol. The fraction of sp³-hybridized carbons (Fsp3) is 0.400. The number of urea groups is 2. The van der Waals surface area contributed by atoms with Crippen LogP contribution in [0.5, 0.6) is 5.75 Å². The minimum Gasteiger partial charge on any atom is -0.493 e. The second-order valence-corrected chi connectivity index (χ2v) is 8.84. The van der Waals surface area contributed by atoms with Crippen LogP contribution in [0.15, 0.2) is 48.5 Å². The molecule has 0 radical (unpaired) electrons. The first kappa shape index (κ1) is 25.8. The number of carboxylic acid groups (broad SMARTS) is 1. The maximum Gasteiger partial charge on any atom is 0.341 e. The van der Waals surface area contributed by atoms with Gasteiger partial charge in [-0.3, -0.25) is 10.2 Å². The average molecular weight is 484 g/mol. The number of hydrazine groups is 2. The molecule has 0 spiro atoms. The summed E-state index contributed by atoms with van der Waals surface area (Å²) in [5, 5.41) is 12.1. The zero-order valence-corrected chi connectivity index (χ0v) is 20.2. The zero-order chi connectivity index (χ0) is 25.4. The molecule has 3 rings (SSSR count). The maximum atomic E-state index is 12.9. The first-order valence-electron chi connectivity index (χ1n) is 11.6. The van der Waals surface area contributed by atoms with Gasteiger partial charge in [0.2, 0.25) is 0 Å². The molecular formula is C25H33N5O5. The van der Waals surface area contributed by atoms with Gasteiger partial charge in [-0.1, -0.05) is 29.8 Å². The molecule has 5 N–H and O–H groups in total. The Morgan fingerprint density at radius 2 is 1.69 bits per heavy atom. The highest BCUT2D eigenvalue weighted by molar-refractivity contribution is 5.94. The fourth-order valence-electron chi connectivity index (χ4n) is 3.21. The Labute approximate surface area is 205 Å². The number of amides is 4. The van der Waals surface area contributed by atoms with E-state index in [4.69, 9.17) is 4.74 Å². The number of anilines is 1. The van der Waals surface area contributed by atoms with Crippen LogP contribution in [0.3, 0.4) is 0 Å². The summed E-state index contributed by atoms with van der Waals surface area (Å²) in [6, 6.07) is 12.4. The SMILES string of the molecule is Cc1ccc(CNC(=O)N(C(=O)NNNc2ccc(OCC3CC3)cc2)[C@H](C)[C@H](C)C(=O)O)cc1. The number of aliphatic carboxylic acids is 1. The topological polar surface area (TPSA) is 132 Å².